The summed E-state index contributed by atoms with van der Waals surface area (Å²) in [4.78, 5) is 0. The van der Waals surface area contributed by atoms with Gasteiger partial charge < -0.3 is 5.73 Å². The number of nitrogens with two attached hydrogens (primary N) is 1. The van der Waals surface area contributed by atoms with Crippen LogP contribution >= 0.6 is 38.5 Å². The van der Waals surface area contributed by atoms with Crippen molar-refractivity contribution in [2.24, 2.45) is 5.73 Å². The molecule has 0 aromatic rings. The summed E-state index contributed by atoms with van der Waals surface area (Å²) in [6.07, 6.45) is 14.3. The lowest BCUT2D eigenvalue weighted by Gasteiger charge is -2.35. The van der Waals surface area contributed by atoms with Crippen molar-refractivity contribution in [1.29, 1.82) is 0 Å². The molecule has 3 atom stereocenters. The van der Waals surface area contributed by atoms with E-state index in [9.17, 15) is 0 Å². The zero-order valence-corrected chi connectivity index (χ0v) is 17.4. The normalized spacial score (nSPS) is 42.9. The van der Waals surface area contributed by atoms with Gasteiger partial charge in [-0.25, -0.2) is 0 Å². The summed E-state index contributed by atoms with van der Waals surface area (Å²) in [6, 6.07) is 0. The zero-order valence-electron chi connectivity index (χ0n) is 13.6. The molecule has 1 nitrogen and oxygen atoms in total. The molecule has 20 heavy (non-hydrogen) atoms. The molecule has 1 rings (SSSR count). The molecule has 0 aliphatic heterocycles. The molecule has 0 spiro atoms. The maximum Gasteiger partial charge on any atom is 0.0243 e. The van der Waals surface area contributed by atoms with Gasteiger partial charge in [0.2, 0.25) is 0 Å². The minimum absolute atomic E-state index is 0.0147. The van der Waals surface area contributed by atoms with E-state index in [2.05, 4.69) is 59.3 Å². The number of alkyl halides is 2. The highest BCUT2D eigenvalue weighted by atomic mass is 127. The van der Waals surface area contributed by atoms with Gasteiger partial charge in [0.1, 0.15) is 0 Å². The number of hydrogen-bond donors (Lipinski definition) is 1. The molecule has 3 heteroatoms. The minimum Gasteiger partial charge on any atom is -0.325 e. The van der Waals surface area contributed by atoms with Crippen LogP contribution in [0.1, 0.15) is 91.4 Å². The Labute approximate surface area is 148 Å². The average Bonchev–Trinajstić information content (AvgIpc) is 2.28. The van der Waals surface area contributed by atoms with Crippen LogP contribution in [0.15, 0.2) is 0 Å². The quantitative estimate of drug-likeness (QED) is 0.332. The SMILES string of the molecule is CC1(N)CCCCCCCCC(C)(I)CC(C)(Br)CC1. The summed E-state index contributed by atoms with van der Waals surface area (Å²) in [5, 5.41) is 0. The first-order valence-corrected chi connectivity index (χ1v) is 10.2. The Bertz CT molecular complexity index is 287. The van der Waals surface area contributed by atoms with Crippen molar-refractivity contribution in [3.63, 3.8) is 0 Å². The summed E-state index contributed by atoms with van der Waals surface area (Å²) in [5.74, 6) is 0. The highest BCUT2D eigenvalue weighted by molar-refractivity contribution is 14.1. The van der Waals surface area contributed by atoms with Crippen molar-refractivity contribution in [1.82, 2.24) is 0 Å². The van der Waals surface area contributed by atoms with Crippen LogP contribution in [0.2, 0.25) is 0 Å². The fourth-order valence-electron chi connectivity index (χ4n) is 3.35. The highest BCUT2D eigenvalue weighted by Crippen LogP contribution is 2.41. The number of halogens is 2. The molecule has 0 aromatic carbocycles. The lowest BCUT2D eigenvalue weighted by molar-refractivity contribution is 0.336. The lowest BCUT2D eigenvalue weighted by atomic mass is 9.83. The first-order valence-electron chi connectivity index (χ1n) is 8.29. The monoisotopic (exact) mass is 457 g/mol. The Kier molecular flexibility index (Phi) is 7.82. The highest BCUT2D eigenvalue weighted by Gasteiger charge is 2.33. The van der Waals surface area contributed by atoms with Crippen molar-refractivity contribution in [3.8, 4) is 0 Å². The molecule has 1 fully saturated rings. The van der Waals surface area contributed by atoms with Gasteiger partial charge in [0.25, 0.3) is 0 Å². The maximum absolute atomic E-state index is 6.49. The smallest absolute Gasteiger partial charge is 0.0243 e. The van der Waals surface area contributed by atoms with E-state index in [-0.39, 0.29) is 9.86 Å². The fraction of sp³-hybridized carbons (Fsp3) is 1.00. The summed E-state index contributed by atoms with van der Waals surface area (Å²) >= 11 is 6.66. The van der Waals surface area contributed by atoms with Crippen LogP contribution in [-0.4, -0.2) is 13.3 Å². The second-order valence-electron chi connectivity index (χ2n) is 7.78. The lowest BCUT2D eigenvalue weighted by Crippen LogP contribution is -2.39. The summed E-state index contributed by atoms with van der Waals surface area (Å²) in [5.41, 5.74) is 6.51. The van der Waals surface area contributed by atoms with E-state index in [1.165, 1.54) is 64.2 Å². The van der Waals surface area contributed by atoms with E-state index in [1.807, 2.05) is 0 Å². The van der Waals surface area contributed by atoms with E-state index >= 15 is 0 Å². The van der Waals surface area contributed by atoms with E-state index in [4.69, 9.17) is 5.73 Å². The van der Waals surface area contributed by atoms with Gasteiger partial charge in [0.05, 0.1) is 0 Å². The molecule has 2 N–H and O–H groups in total. The van der Waals surface area contributed by atoms with Crippen molar-refractivity contribution >= 4 is 38.5 Å². The molecule has 0 saturated heterocycles. The van der Waals surface area contributed by atoms with Gasteiger partial charge in [0.15, 0.2) is 0 Å². The second kappa shape index (κ2) is 8.14. The van der Waals surface area contributed by atoms with Gasteiger partial charge in [-0.1, -0.05) is 84.0 Å². The molecular weight excluding hydrogens is 425 g/mol. The Morgan fingerprint density at radius 2 is 1.30 bits per heavy atom. The van der Waals surface area contributed by atoms with Gasteiger partial charge in [-0.15, -0.1) is 0 Å². The topological polar surface area (TPSA) is 26.0 Å². The van der Waals surface area contributed by atoms with Crippen LogP contribution in [0.25, 0.3) is 0 Å². The summed E-state index contributed by atoms with van der Waals surface area (Å²) < 4.78 is 0.638. The molecule has 1 aliphatic rings. The third-order valence-corrected chi connectivity index (χ3v) is 6.25. The molecule has 1 saturated carbocycles. The molecule has 1 aliphatic carbocycles. The van der Waals surface area contributed by atoms with E-state index in [1.54, 1.807) is 0 Å². The van der Waals surface area contributed by atoms with Gasteiger partial charge in [-0.05, 0) is 46.0 Å². The molecular formula is C17H33BrIN. The van der Waals surface area contributed by atoms with Crippen LogP contribution in [0.5, 0.6) is 0 Å². The number of rotatable bonds is 0. The average molecular weight is 458 g/mol. The van der Waals surface area contributed by atoms with Crippen molar-refractivity contribution in [3.05, 3.63) is 0 Å². The van der Waals surface area contributed by atoms with Crippen LogP contribution in [-0.2, 0) is 0 Å². The van der Waals surface area contributed by atoms with E-state index < -0.39 is 0 Å². The van der Waals surface area contributed by atoms with Gasteiger partial charge in [0, 0.05) is 13.3 Å². The molecule has 0 amide bonds. The Balaban J connectivity index is 2.64. The standard InChI is InChI=1S/C17H33BrIN/c1-15(18)12-13-17(3,20)11-9-7-5-4-6-8-10-16(2,19)14-15/h4-14,20H2,1-3H3. The minimum atomic E-state index is 0.0147. The predicted octanol–water partition coefficient (Wildman–Crippen LogP) is 6.36. The van der Waals surface area contributed by atoms with Crippen LogP contribution in [0.4, 0.5) is 0 Å². The van der Waals surface area contributed by atoms with Gasteiger partial charge in [-0.3, -0.25) is 0 Å². The second-order valence-corrected chi connectivity index (χ2v) is 12.3. The molecule has 3 unspecified atom stereocenters. The number of hydrogen-bond acceptors (Lipinski definition) is 1. The van der Waals surface area contributed by atoms with Crippen molar-refractivity contribution in [2.45, 2.75) is 105 Å². The summed E-state index contributed by atoms with van der Waals surface area (Å²) in [7, 11) is 0. The molecule has 0 radical (unpaired) electrons. The zero-order chi connectivity index (χ0) is 15.3. The largest absolute Gasteiger partial charge is 0.325 e. The van der Waals surface area contributed by atoms with Gasteiger partial charge >= 0.3 is 0 Å². The van der Waals surface area contributed by atoms with Gasteiger partial charge in [-0.2, -0.15) is 0 Å². The van der Waals surface area contributed by atoms with E-state index in [0.717, 1.165) is 6.42 Å². The molecule has 0 bridgehead atoms. The van der Waals surface area contributed by atoms with Crippen molar-refractivity contribution < 1.29 is 0 Å². The Morgan fingerprint density at radius 1 is 0.800 bits per heavy atom. The molecule has 0 aromatic heterocycles. The molecule has 0 heterocycles. The predicted molar refractivity (Wildman–Crippen MR) is 103 cm³/mol. The third kappa shape index (κ3) is 8.57. The first-order chi connectivity index (χ1) is 9.12. The van der Waals surface area contributed by atoms with Crippen molar-refractivity contribution in [2.75, 3.05) is 0 Å². The van der Waals surface area contributed by atoms with Crippen LogP contribution in [0.3, 0.4) is 0 Å². The van der Waals surface area contributed by atoms with Crippen LogP contribution < -0.4 is 5.73 Å². The molecule has 120 valence electrons. The van der Waals surface area contributed by atoms with E-state index in [0.29, 0.717) is 3.42 Å². The maximum atomic E-state index is 6.49. The third-order valence-electron chi connectivity index (χ3n) is 4.65. The Morgan fingerprint density at radius 3 is 1.90 bits per heavy atom. The fourth-order valence-corrected chi connectivity index (χ4v) is 5.91. The summed E-state index contributed by atoms with van der Waals surface area (Å²) in [6.45, 7) is 7.01. The van der Waals surface area contributed by atoms with Crippen LogP contribution in [0, 0.1) is 0 Å². The Hall–Kier alpha value is 1.17. The first kappa shape index (κ1) is 19.2.